The van der Waals surface area contributed by atoms with Crippen molar-refractivity contribution < 1.29 is 4.79 Å². The van der Waals surface area contributed by atoms with Crippen LogP contribution in [0.15, 0.2) is 6.20 Å². The fraction of sp³-hybridized carbons (Fsp3) is 0.714. The second-order valence-corrected chi connectivity index (χ2v) is 5.94. The lowest BCUT2D eigenvalue weighted by atomic mass is 9.92. The topological polar surface area (TPSA) is 46.9 Å². The van der Waals surface area contributed by atoms with E-state index in [9.17, 15) is 4.79 Å². The number of ketones is 1. The molecule has 0 atom stereocenters. The van der Waals surface area contributed by atoms with E-state index in [0.717, 1.165) is 19.5 Å². The largest absolute Gasteiger partial charge is 0.317 e. The lowest BCUT2D eigenvalue weighted by Gasteiger charge is -2.22. The van der Waals surface area contributed by atoms with Crippen LogP contribution in [0.4, 0.5) is 0 Å². The summed E-state index contributed by atoms with van der Waals surface area (Å²) in [6.45, 7) is 6.16. The van der Waals surface area contributed by atoms with Crippen molar-refractivity contribution in [1.82, 2.24) is 15.1 Å². The van der Waals surface area contributed by atoms with Gasteiger partial charge in [0.1, 0.15) is 5.69 Å². The predicted octanol–water partition coefficient (Wildman–Crippen LogP) is 3.08. The summed E-state index contributed by atoms with van der Waals surface area (Å²) >= 11 is 6.09. The maximum atomic E-state index is 12.3. The van der Waals surface area contributed by atoms with E-state index in [0.29, 0.717) is 23.1 Å². The number of hydrogen-bond donors (Lipinski definition) is 1. The van der Waals surface area contributed by atoms with Crippen LogP contribution in [-0.2, 0) is 0 Å². The molecule has 0 radical (unpaired) electrons. The summed E-state index contributed by atoms with van der Waals surface area (Å²) < 4.78 is 1.73. The van der Waals surface area contributed by atoms with Gasteiger partial charge in [0.25, 0.3) is 0 Å². The minimum atomic E-state index is 0.120. The minimum Gasteiger partial charge on any atom is -0.317 e. The number of hydrogen-bond acceptors (Lipinski definition) is 3. The molecule has 1 aliphatic rings. The number of carbonyl (C=O) groups excluding carboxylic acids is 1. The van der Waals surface area contributed by atoms with E-state index in [1.54, 1.807) is 10.9 Å². The first kappa shape index (κ1) is 14.5. The van der Waals surface area contributed by atoms with Crippen LogP contribution in [0.1, 0.15) is 56.1 Å². The van der Waals surface area contributed by atoms with Gasteiger partial charge in [-0.3, -0.25) is 9.48 Å². The number of halogens is 1. The zero-order chi connectivity index (χ0) is 13.8. The Morgan fingerprint density at radius 2 is 2.21 bits per heavy atom. The molecule has 1 N–H and O–H groups in total. The van der Waals surface area contributed by atoms with Gasteiger partial charge in [-0.05, 0) is 52.1 Å². The van der Waals surface area contributed by atoms with Crippen LogP contribution in [-0.4, -0.2) is 28.7 Å². The molecule has 2 rings (SSSR count). The Morgan fingerprint density at radius 3 is 2.84 bits per heavy atom. The van der Waals surface area contributed by atoms with Crippen molar-refractivity contribution in [3.63, 3.8) is 0 Å². The quantitative estimate of drug-likeness (QED) is 0.845. The first-order valence-corrected chi connectivity index (χ1v) is 7.44. The highest BCUT2D eigenvalue weighted by molar-refractivity contribution is 6.33. The maximum Gasteiger partial charge on any atom is 0.182 e. The zero-order valence-corrected chi connectivity index (χ0v) is 12.4. The monoisotopic (exact) mass is 283 g/mol. The van der Waals surface area contributed by atoms with Gasteiger partial charge in [0, 0.05) is 12.5 Å². The molecule has 0 spiro atoms. The first-order valence-electron chi connectivity index (χ1n) is 7.06. The molecule has 0 aliphatic carbocycles. The van der Waals surface area contributed by atoms with Crippen LogP contribution in [0.5, 0.6) is 0 Å². The van der Waals surface area contributed by atoms with Gasteiger partial charge in [-0.15, -0.1) is 0 Å². The average molecular weight is 284 g/mol. The summed E-state index contributed by atoms with van der Waals surface area (Å²) in [5.41, 5.74) is 0.575. The molecule has 0 aromatic carbocycles. The molecule has 1 fully saturated rings. The number of rotatable bonds is 5. The Kier molecular flexibility index (Phi) is 4.99. The highest BCUT2D eigenvalue weighted by Gasteiger charge is 2.21. The van der Waals surface area contributed by atoms with Gasteiger partial charge in [0.15, 0.2) is 5.78 Å². The second-order valence-electron chi connectivity index (χ2n) is 5.53. The Bertz CT molecular complexity index is 436. The zero-order valence-electron chi connectivity index (χ0n) is 11.7. The molecule has 19 heavy (non-hydrogen) atoms. The summed E-state index contributed by atoms with van der Waals surface area (Å²) in [6, 6.07) is 0.158. The molecule has 0 unspecified atom stereocenters. The Balaban J connectivity index is 1.97. The van der Waals surface area contributed by atoms with Crippen LogP contribution < -0.4 is 5.32 Å². The van der Waals surface area contributed by atoms with E-state index in [4.69, 9.17) is 11.6 Å². The molecule has 2 heterocycles. The van der Waals surface area contributed by atoms with Crippen LogP contribution in [0.2, 0.25) is 5.02 Å². The number of carbonyl (C=O) groups is 1. The second kappa shape index (κ2) is 6.53. The maximum absolute atomic E-state index is 12.3. The van der Waals surface area contributed by atoms with E-state index in [1.165, 1.54) is 12.8 Å². The molecule has 0 saturated carbocycles. The summed E-state index contributed by atoms with van der Waals surface area (Å²) in [4.78, 5) is 12.3. The van der Waals surface area contributed by atoms with E-state index in [2.05, 4.69) is 10.4 Å². The smallest absolute Gasteiger partial charge is 0.182 e. The van der Waals surface area contributed by atoms with Gasteiger partial charge in [-0.2, -0.15) is 5.10 Å². The van der Waals surface area contributed by atoms with Crippen LogP contribution in [0.25, 0.3) is 0 Å². The van der Waals surface area contributed by atoms with Crippen molar-refractivity contribution in [1.29, 1.82) is 0 Å². The molecule has 106 valence electrons. The van der Waals surface area contributed by atoms with Crippen LogP contribution in [0, 0.1) is 5.92 Å². The number of Topliss-reactive ketones (excluding diaryl/α,β-unsaturated/α-hetero) is 1. The van der Waals surface area contributed by atoms with Crippen molar-refractivity contribution in [2.24, 2.45) is 5.92 Å². The lowest BCUT2D eigenvalue weighted by molar-refractivity contribution is 0.0958. The van der Waals surface area contributed by atoms with Crippen molar-refractivity contribution >= 4 is 17.4 Å². The third-order valence-corrected chi connectivity index (χ3v) is 4.02. The molecule has 0 amide bonds. The summed E-state index contributed by atoms with van der Waals surface area (Å²) in [5.74, 6) is 0.786. The number of nitrogens with one attached hydrogen (secondary N) is 1. The molecular formula is C14H22ClN3O. The van der Waals surface area contributed by atoms with Gasteiger partial charge in [0.2, 0.25) is 0 Å². The number of nitrogens with zero attached hydrogens (tertiary/aromatic N) is 2. The molecule has 1 saturated heterocycles. The van der Waals surface area contributed by atoms with Crippen LogP contribution in [0.3, 0.4) is 0 Å². The van der Waals surface area contributed by atoms with E-state index in [-0.39, 0.29) is 11.8 Å². The number of aromatic nitrogens is 2. The third-order valence-electron chi connectivity index (χ3n) is 3.74. The van der Waals surface area contributed by atoms with Gasteiger partial charge in [-0.25, -0.2) is 0 Å². The van der Waals surface area contributed by atoms with E-state index in [1.807, 2.05) is 13.8 Å². The first-order chi connectivity index (χ1) is 9.09. The summed E-state index contributed by atoms with van der Waals surface area (Å²) in [6.07, 6.45) is 5.44. The molecule has 1 aliphatic heterocycles. The van der Waals surface area contributed by atoms with Crippen molar-refractivity contribution in [2.45, 2.75) is 45.6 Å². The molecule has 4 nitrogen and oxygen atoms in total. The number of piperidine rings is 1. The fourth-order valence-corrected chi connectivity index (χ4v) is 2.85. The van der Waals surface area contributed by atoms with Crippen molar-refractivity contribution in [3.8, 4) is 0 Å². The predicted molar refractivity (Wildman–Crippen MR) is 76.8 cm³/mol. The molecule has 5 heteroatoms. The van der Waals surface area contributed by atoms with Crippen molar-refractivity contribution in [3.05, 3.63) is 16.9 Å². The van der Waals surface area contributed by atoms with Crippen molar-refractivity contribution in [2.75, 3.05) is 13.1 Å². The Hall–Kier alpha value is -0.870. The standard InChI is InChI=1S/C14H22ClN3O/c1-10(2)18-14(12(15)9-17-18)13(19)4-3-11-5-7-16-8-6-11/h9-11,16H,3-8H2,1-2H3. The summed E-state index contributed by atoms with van der Waals surface area (Å²) in [5, 5.41) is 8.00. The molecule has 1 aromatic heterocycles. The third kappa shape index (κ3) is 3.57. The molecular weight excluding hydrogens is 262 g/mol. The van der Waals surface area contributed by atoms with Gasteiger partial charge in [-0.1, -0.05) is 11.6 Å². The molecule has 1 aromatic rings. The SMILES string of the molecule is CC(C)n1ncc(Cl)c1C(=O)CCC1CCNCC1. The van der Waals surface area contributed by atoms with E-state index >= 15 is 0 Å². The fourth-order valence-electron chi connectivity index (χ4n) is 2.62. The van der Waals surface area contributed by atoms with Gasteiger partial charge < -0.3 is 5.32 Å². The summed E-state index contributed by atoms with van der Waals surface area (Å²) in [7, 11) is 0. The average Bonchev–Trinajstić information content (AvgIpc) is 2.79. The Labute approximate surface area is 119 Å². The van der Waals surface area contributed by atoms with Gasteiger partial charge >= 0.3 is 0 Å². The normalized spacial score (nSPS) is 17.1. The van der Waals surface area contributed by atoms with E-state index < -0.39 is 0 Å². The highest BCUT2D eigenvalue weighted by atomic mass is 35.5. The Morgan fingerprint density at radius 1 is 1.53 bits per heavy atom. The van der Waals surface area contributed by atoms with Gasteiger partial charge in [0.05, 0.1) is 11.2 Å². The van der Waals surface area contributed by atoms with Crippen LogP contribution >= 0.6 is 11.6 Å². The minimum absolute atomic E-state index is 0.120. The highest BCUT2D eigenvalue weighted by Crippen LogP contribution is 2.24. The molecule has 0 bridgehead atoms. The lowest BCUT2D eigenvalue weighted by Crippen LogP contribution is -2.28.